The van der Waals surface area contributed by atoms with E-state index in [0.29, 0.717) is 0 Å². The Morgan fingerprint density at radius 1 is 1.44 bits per heavy atom. The second-order valence-corrected chi connectivity index (χ2v) is 6.21. The van der Waals surface area contributed by atoms with E-state index in [9.17, 15) is 9.90 Å². The van der Waals surface area contributed by atoms with Crippen LogP contribution in [0.15, 0.2) is 0 Å². The maximum Gasteiger partial charge on any atom is 0.407 e. The Morgan fingerprint density at radius 3 is 2.78 bits per heavy atom. The van der Waals surface area contributed by atoms with Crippen LogP contribution < -0.4 is 5.32 Å². The molecule has 0 saturated carbocycles. The molecule has 2 rings (SSSR count). The number of rotatable bonds is 2. The predicted octanol–water partition coefficient (Wildman–Crippen LogP) is 1.44. The largest absolute Gasteiger partial charge is 0.444 e. The van der Waals surface area contributed by atoms with Gasteiger partial charge in [-0.05, 0) is 40.0 Å². The third kappa shape index (κ3) is 3.14. The Morgan fingerprint density at radius 2 is 2.17 bits per heavy atom. The van der Waals surface area contributed by atoms with Crippen molar-refractivity contribution in [2.75, 3.05) is 6.61 Å². The highest BCUT2D eigenvalue weighted by Crippen LogP contribution is 2.36. The number of hydrogen-bond acceptors (Lipinski definition) is 4. The molecule has 2 aliphatic rings. The number of ether oxygens (including phenoxy) is 2. The summed E-state index contributed by atoms with van der Waals surface area (Å²) in [5.41, 5.74) is -0.497. The molecule has 104 valence electrons. The minimum absolute atomic E-state index is 0.0173. The monoisotopic (exact) mass is 257 g/mol. The van der Waals surface area contributed by atoms with Crippen molar-refractivity contribution in [1.29, 1.82) is 0 Å². The normalized spacial score (nSPS) is 35.3. The van der Waals surface area contributed by atoms with Crippen LogP contribution in [0.25, 0.3) is 0 Å². The number of fused-ring (bicyclic) bond motifs is 2. The van der Waals surface area contributed by atoms with Gasteiger partial charge in [0, 0.05) is 12.0 Å². The first kappa shape index (κ1) is 13.6. The van der Waals surface area contributed by atoms with E-state index in [0.717, 1.165) is 19.3 Å². The van der Waals surface area contributed by atoms with Crippen molar-refractivity contribution in [2.45, 2.75) is 63.9 Å². The van der Waals surface area contributed by atoms with Gasteiger partial charge in [0.2, 0.25) is 0 Å². The molecule has 5 nitrogen and oxygen atoms in total. The Kier molecular flexibility index (Phi) is 3.82. The van der Waals surface area contributed by atoms with E-state index in [4.69, 9.17) is 9.47 Å². The lowest BCUT2D eigenvalue weighted by Crippen LogP contribution is -2.51. The topological polar surface area (TPSA) is 67.8 Å². The molecule has 18 heavy (non-hydrogen) atoms. The average Bonchev–Trinajstić information content (AvgIpc) is 2.58. The van der Waals surface area contributed by atoms with Crippen molar-refractivity contribution in [3.8, 4) is 0 Å². The highest BCUT2D eigenvalue weighted by Gasteiger charge is 2.43. The smallest absolute Gasteiger partial charge is 0.407 e. The van der Waals surface area contributed by atoms with Gasteiger partial charge in [-0.3, -0.25) is 0 Å². The summed E-state index contributed by atoms with van der Waals surface area (Å²) in [6, 6.07) is -0.0453. The van der Waals surface area contributed by atoms with Gasteiger partial charge in [-0.2, -0.15) is 0 Å². The molecular formula is C13H23NO4. The standard InChI is InChI=1S/C13H23NO4/c1-13(2,3)18-12(16)14-10-6-8-4-5-11(17-8)9(10)7-15/h8-11,15H,4-7H2,1-3H3,(H,14,16)/t8-,9?,10?,11+/m1/s1. The molecule has 2 fully saturated rings. The fraction of sp³-hybridized carbons (Fsp3) is 0.923. The third-order valence-corrected chi connectivity index (χ3v) is 3.56. The van der Waals surface area contributed by atoms with E-state index in [1.165, 1.54) is 0 Å². The molecule has 0 aromatic carbocycles. The van der Waals surface area contributed by atoms with Crippen LogP contribution >= 0.6 is 0 Å². The molecule has 0 spiro atoms. The number of aliphatic hydroxyl groups is 1. The lowest BCUT2D eigenvalue weighted by molar-refractivity contribution is -0.0648. The van der Waals surface area contributed by atoms with Gasteiger partial charge < -0.3 is 19.9 Å². The first-order chi connectivity index (χ1) is 8.39. The summed E-state index contributed by atoms with van der Waals surface area (Å²) < 4.78 is 11.0. The number of hydrogen-bond donors (Lipinski definition) is 2. The molecule has 2 unspecified atom stereocenters. The molecule has 0 aliphatic carbocycles. The zero-order valence-electron chi connectivity index (χ0n) is 11.3. The summed E-state index contributed by atoms with van der Waals surface area (Å²) in [5, 5.41) is 12.3. The van der Waals surface area contributed by atoms with E-state index in [1.807, 2.05) is 20.8 Å². The fourth-order valence-corrected chi connectivity index (χ4v) is 2.81. The van der Waals surface area contributed by atoms with Crippen molar-refractivity contribution in [2.24, 2.45) is 5.92 Å². The highest BCUT2D eigenvalue weighted by atomic mass is 16.6. The average molecular weight is 257 g/mol. The molecular weight excluding hydrogens is 234 g/mol. The summed E-state index contributed by atoms with van der Waals surface area (Å²) in [6.45, 7) is 5.55. The maximum absolute atomic E-state index is 11.8. The van der Waals surface area contributed by atoms with Crippen molar-refractivity contribution in [1.82, 2.24) is 5.32 Å². The summed E-state index contributed by atoms with van der Waals surface area (Å²) in [7, 11) is 0. The predicted molar refractivity (Wildman–Crippen MR) is 66.2 cm³/mol. The second kappa shape index (κ2) is 5.05. The summed E-state index contributed by atoms with van der Waals surface area (Å²) >= 11 is 0. The van der Waals surface area contributed by atoms with Crippen LogP contribution in [0.1, 0.15) is 40.0 Å². The number of amides is 1. The highest BCUT2D eigenvalue weighted by molar-refractivity contribution is 5.68. The first-order valence-corrected chi connectivity index (χ1v) is 6.65. The van der Waals surface area contributed by atoms with Gasteiger partial charge in [0.1, 0.15) is 5.60 Å². The van der Waals surface area contributed by atoms with E-state index < -0.39 is 11.7 Å². The third-order valence-electron chi connectivity index (χ3n) is 3.56. The number of aliphatic hydroxyl groups excluding tert-OH is 1. The van der Waals surface area contributed by atoms with Crippen molar-refractivity contribution in [3.05, 3.63) is 0 Å². The van der Waals surface area contributed by atoms with Crippen molar-refractivity contribution < 1.29 is 19.4 Å². The molecule has 0 aromatic rings. The van der Waals surface area contributed by atoms with Crippen LogP contribution in [0, 0.1) is 5.92 Å². The molecule has 2 aliphatic heterocycles. The van der Waals surface area contributed by atoms with Gasteiger partial charge in [0.25, 0.3) is 0 Å². The van der Waals surface area contributed by atoms with E-state index >= 15 is 0 Å². The molecule has 2 saturated heterocycles. The van der Waals surface area contributed by atoms with Gasteiger partial charge in [0.05, 0.1) is 18.8 Å². The molecule has 0 radical (unpaired) electrons. The van der Waals surface area contributed by atoms with Crippen molar-refractivity contribution >= 4 is 6.09 Å². The molecule has 0 aromatic heterocycles. The maximum atomic E-state index is 11.8. The van der Waals surface area contributed by atoms with Gasteiger partial charge in [0.15, 0.2) is 0 Å². The number of nitrogens with one attached hydrogen (secondary N) is 1. The summed E-state index contributed by atoms with van der Waals surface area (Å²) in [6.07, 6.45) is 2.65. The van der Waals surface area contributed by atoms with Crippen LogP contribution in [-0.4, -0.2) is 41.7 Å². The Labute approximate surface area is 108 Å². The zero-order chi connectivity index (χ0) is 13.3. The number of alkyl carbamates (subject to hydrolysis) is 1. The first-order valence-electron chi connectivity index (χ1n) is 6.65. The fourth-order valence-electron chi connectivity index (χ4n) is 2.81. The Hall–Kier alpha value is -0.810. The Balaban J connectivity index is 1.93. The van der Waals surface area contributed by atoms with Gasteiger partial charge in [-0.1, -0.05) is 0 Å². The molecule has 5 heteroatoms. The van der Waals surface area contributed by atoms with Gasteiger partial charge >= 0.3 is 6.09 Å². The van der Waals surface area contributed by atoms with E-state index in [2.05, 4.69) is 5.32 Å². The second-order valence-electron chi connectivity index (χ2n) is 6.21. The molecule has 2 heterocycles. The zero-order valence-corrected chi connectivity index (χ0v) is 11.3. The molecule has 2 bridgehead atoms. The van der Waals surface area contributed by atoms with Crippen LogP contribution in [0.4, 0.5) is 4.79 Å². The van der Waals surface area contributed by atoms with E-state index in [-0.39, 0.29) is 30.8 Å². The molecule has 4 atom stereocenters. The lowest BCUT2D eigenvalue weighted by Gasteiger charge is -2.36. The number of carbonyl (C=O) groups excluding carboxylic acids is 1. The SMILES string of the molecule is CC(C)(C)OC(=O)NC1C[C@H]2CC[C@H](O2)C1CO. The van der Waals surface area contributed by atoms with Crippen LogP contribution in [0.3, 0.4) is 0 Å². The number of carbonyl (C=O) groups is 1. The molecule has 1 amide bonds. The quantitative estimate of drug-likeness (QED) is 0.785. The summed E-state index contributed by atoms with van der Waals surface area (Å²) in [4.78, 5) is 11.8. The van der Waals surface area contributed by atoms with Gasteiger partial charge in [-0.25, -0.2) is 4.79 Å². The Bertz CT molecular complexity index is 313. The minimum atomic E-state index is -0.497. The van der Waals surface area contributed by atoms with Crippen molar-refractivity contribution in [3.63, 3.8) is 0 Å². The molecule has 2 N–H and O–H groups in total. The van der Waals surface area contributed by atoms with Crippen LogP contribution in [-0.2, 0) is 9.47 Å². The summed E-state index contributed by atoms with van der Waals surface area (Å²) in [5.74, 6) is -0.0173. The minimum Gasteiger partial charge on any atom is -0.444 e. The van der Waals surface area contributed by atoms with E-state index in [1.54, 1.807) is 0 Å². The lowest BCUT2D eigenvalue weighted by atomic mass is 9.91. The van der Waals surface area contributed by atoms with Crippen LogP contribution in [0.5, 0.6) is 0 Å². The van der Waals surface area contributed by atoms with Gasteiger partial charge in [-0.15, -0.1) is 0 Å². The van der Waals surface area contributed by atoms with Crippen LogP contribution in [0.2, 0.25) is 0 Å².